The van der Waals surface area contributed by atoms with Gasteiger partial charge in [-0.1, -0.05) is 6.42 Å². The third-order valence-corrected chi connectivity index (χ3v) is 3.84. The smallest absolute Gasteiger partial charge is 0.0615 e. The third kappa shape index (κ3) is 5.34. The summed E-state index contributed by atoms with van der Waals surface area (Å²) in [7, 11) is 1.74. The average Bonchev–Trinajstić information content (AvgIpc) is 2.80. The van der Waals surface area contributed by atoms with Crippen LogP contribution >= 0.6 is 0 Å². The Morgan fingerprint density at radius 3 is 2.82 bits per heavy atom. The SMILES string of the molecule is COCC(CCCN)NCC1CCCC1CO. The predicted octanol–water partition coefficient (Wildman–Crippen LogP) is 0.739. The van der Waals surface area contributed by atoms with Crippen molar-refractivity contribution in [3.05, 3.63) is 0 Å². The zero-order chi connectivity index (χ0) is 12.5. The Morgan fingerprint density at radius 1 is 1.41 bits per heavy atom. The molecule has 0 aromatic rings. The van der Waals surface area contributed by atoms with Crippen molar-refractivity contribution in [2.24, 2.45) is 17.6 Å². The van der Waals surface area contributed by atoms with Crippen molar-refractivity contribution in [3.8, 4) is 0 Å². The van der Waals surface area contributed by atoms with Crippen LogP contribution < -0.4 is 11.1 Å². The van der Waals surface area contributed by atoms with Crippen LogP contribution in [-0.4, -0.2) is 44.6 Å². The van der Waals surface area contributed by atoms with Gasteiger partial charge in [-0.25, -0.2) is 0 Å². The molecule has 0 aromatic heterocycles. The maximum Gasteiger partial charge on any atom is 0.0615 e. The quantitative estimate of drug-likeness (QED) is 0.559. The van der Waals surface area contributed by atoms with Gasteiger partial charge in [0.05, 0.1) is 6.61 Å². The van der Waals surface area contributed by atoms with Gasteiger partial charge in [0, 0.05) is 19.8 Å². The zero-order valence-corrected chi connectivity index (χ0v) is 11.0. The molecule has 3 unspecified atom stereocenters. The summed E-state index contributed by atoms with van der Waals surface area (Å²) in [6.07, 6.45) is 5.79. The van der Waals surface area contributed by atoms with E-state index in [0.29, 0.717) is 24.5 Å². The number of nitrogens with two attached hydrogens (primary N) is 1. The van der Waals surface area contributed by atoms with E-state index >= 15 is 0 Å². The second kappa shape index (κ2) is 8.86. The molecular weight excluding hydrogens is 216 g/mol. The molecule has 0 aromatic carbocycles. The highest BCUT2D eigenvalue weighted by Crippen LogP contribution is 2.30. The molecule has 3 atom stereocenters. The number of rotatable bonds is 9. The molecule has 17 heavy (non-hydrogen) atoms. The van der Waals surface area contributed by atoms with Crippen LogP contribution in [-0.2, 0) is 4.74 Å². The molecule has 1 fully saturated rings. The number of methoxy groups -OCH3 is 1. The summed E-state index contributed by atoms with van der Waals surface area (Å²) >= 11 is 0. The summed E-state index contributed by atoms with van der Waals surface area (Å²) in [6, 6.07) is 0.406. The Hall–Kier alpha value is -0.160. The van der Waals surface area contributed by atoms with Crippen LogP contribution in [0.1, 0.15) is 32.1 Å². The summed E-state index contributed by atoms with van der Waals surface area (Å²) in [4.78, 5) is 0. The van der Waals surface area contributed by atoms with Crippen LogP contribution in [0.25, 0.3) is 0 Å². The Labute approximate surface area is 105 Å². The van der Waals surface area contributed by atoms with Crippen LogP contribution in [0, 0.1) is 11.8 Å². The van der Waals surface area contributed by atoms with Gasteiger partial charge in [-0.05, 0) is 50.6 Å². The molecule has 1 rings (SSSR count). The van der Waals surface area contributed by atoms with E-state index < -0.39 is 0 Å². The zero-order valence-electron chi connectivity index (χ0n) is 11.0. The molecule has 0 amide bonds. The molecule has 0 spiro atoms. The van der Waals surface area contributed by atoms with Crippen molar-refractivity contribution >= 4 is 0 Å². The topological polar surface area (TPSA) is 67.5 Å². The van der Waals surface area contributed by atoms with Crippen molar-refractivity contribution in [3.63, 3.8) is 0 Å². The van der Waals surface area contributed by atoms with Crippen molar-refractivity contribution in [2.75, 3.05) is 33.4 Å². The fourth-order valence-electron chi connectivity index (χ4n) is 2.75. The second-order valence-electron chi connectivity index (χ2n) is 5.13. The molecule has 1 saturated carbocycles. The molecule has 4 N–H and O–H groups in total. The number of aliphatic hydroxyl groups excluding tert-OH is 1. The average molecular weight is 244 g/mol. The standard InChI is InChI=1S/C13H28N2O2/c1-17-10-13(6-3-7-14)15-8-11-4-2-5-12(11)9-16/h11-13,15-16H,2-10,14H2,1H3. The largest absolute Gasteiger partial charge is 0.396 e. The maximum atomic E-state index is 9.28. The van der Waals surface area contributed by atoms with E-state index in [9.17, 15) is 5.11 Å². The minimum absolute atomic E-state index is 0.337. The van der Waals surface area contributed by atoms with E-state index in [4.69, 9.17) is 10.5 Å². The Balaban J connectivity index is 2.24. The van der Waals surface area contributed by atoms with Crippen LogP contribution in [0.4, 0.5) is 0 Å². The maximum absolute atomic E-state index is 9.28. The monoisotopic (exact) mass is 244 g/mol. The first-order valence-electron chi connectivity index (χ1n) is 6.85. The van der Waals surface area contributed by atoms with Crippen LogP contribution in [0.5, 0.6) is 0 Å². The number of hydrogen-bond acceptors (Lipinski definition) is 4. The number of aliphatic hydroxyl groups is 1. The minimum Gasteiger partial charge on any atom is -0.396 e. The van der Waals surface area contributed by atoms with Gasteiger partial charge in [-0.2, -0.15) is 0 Å². The first-order chi connectivity index (χ1) is 8.31. The summed E-state index contributed by atoms with van der Waals surface area (Å²) in [5.74, 6) is 1.14. The lowest BCUT2D eigenvalue weighted by Crippen LogP contribution is -2.38. The van der Waals surface area contributed by atoms with Crippen molar-refractivity contribution < 1.29 is 9.84 Å². The Bertz CT molecular complexity index is 190. The van der Waals surface area contributed by atoms with Gasteiger partial charge >= 0.3 is 0 Å². The van der Waals surface area contributed by atoms with Crippen molar-refractivity contribution in [2.45, 2.75) is 38.1 Å². The second-order valence-corrected chi connectivity index (χ2v) is 5.13. The van der Waals surface area contributed by atoms with Gasteiger partial charge in [0.1, 0.15) is 0 Å². The van der Waals surface area contributed by atoms with Gasteiger partial charge in [0.2, 0.25) is 0 Å². The lowest BCUT2D eigenvalue weighted by atomic mass is 9.96. The first-order valence-corrected chi connectivity index (χ1v) is 6.85. The van der Waals surface area contributed by atoms with Crippen molar-refractivity contribution in [1.82, 2.24) is 5.32 Å². The lowest BCUT2D eigenvalue weighted by Gasteiger charge is -2.23. The highest BCUT2D eigenvalue weighted by Gasteiger charge is 2.26. The molecule has 4 nitrogen and oxygen atoms in total. The van der Waals surface area contributed by atoms with E-state index in [0.717, 1.165) is 32.5 Å². The van der Waals surface area contributed by atoms with E-state index in [-0.39, 0.29) is 0 Å². The van der Waals surface area contributed by atoms with Crippen LogP contribution in [0.15, 0.2) is 0 Å². The summed E-state index contributed by atoms with van der Waals surface area (Å²) in [5, 5.41) is 12.8. The first kappa shape index (κ1) is 14.9. The Kier molecular flexibility index (Phi) is 7.77. The predicted molar refractivity (Wildman–Crippen MR) is 69.9 cm³/mol. The van der Waals surface area contributed by atoms with Crippen LogP contribution in [0.2, 0.25) is 0 Å². The Morgan fingerprint density at radius 2 is 2.18 bits per heavy atom. The van der Waals surface area contributed by atoms with E-state index in [1.807, 2.05) is 0 Å². The molecule has 0 aliphatic heterocycles. The van der Waals surface area contributed by atoms with Gasteiger partial charge in [-0.3, -0.25) is 0 Å². The lowest BCUT2D eigenvalue weighted by molar-refractivity contribution is 0.150. The molecule has 0 bridgehead atoms. The number of ether oxygens (including phenoxy) is 1. The van der Waals surface area contributed by atoms with E-state index in [1.165, 1.54) is 19.3 Å². The molecule has 0 saturated heterocycles. The molecular formula is C13H28N2O2. The summed E-state index contributed by atoms with van der Waals surface area (Å²) in [5.41, 5.74) is 5.53. The molecule has 4 heteroatoms. The third-order valence-electron chi connectivity index (χ3n) is 3.84. The van der Waals surface area contributed by atoms with Crippen LogP contribution in [0.3, 0.4) is 0 Å². The fraction of sp³-hybridized carbons (Fsp3) is 1.00. The van der Waals surface area contributed by atoms with Crippen molar-refractivity contribution in [1.29, 1.82) is 0 Å². The molecule has 0 heterocycles. The minimum atomic E-state index is 0.337. The normalized spacial score (nSPS) is 26.3. The highest BCUT2D eigenvalue weighted by molar-refractivity contribution is 4.80. The molecule has 102 valence electrons. The van der Waals surface area contributed by atoms with Gasteiger partial charge in [0.25, 0.3) is 0 Å². The molecule has 1 aliphatic rings. The van der Waals surface area contributed by atoms with Gasteiger partial charge in [-0.15, -0.1) is 0 Å². The fourth-order valence-corrected chi connectivity index (χ4v) is 2.75. The van der Waals surface area contributed by atoms with Gasteiger partial charge < -0.3 is 20.9 Å². The highest BCUT2D eigenvalue weighted by atomic mass is 16.5. The van der Waals surface area contributed by atoms with E-state index in [2.05, 4.69) is 5.32 Å². The number of nitrogens with one attached hydrogen (secondary N) is 1. The van der Waals surface area contributed by atoms with E-state index in [1.54, 1.807) is 7.11 Å². The van der Waals surface area contributed by atoms with Gasteiger partial charge in [0.15, 0.2) is 0 Å². The number of hydrogen-bond donors (Lipinski definition) is 3. The summed E-state index contributed by atoms with van der Waals surface area (Å²) < 4.78 is 5.22. The molecule has 0 radical (unpaired) electrons. The molecule has 1 aliphatic carbocycles. The summed E-state index contributed by atoms with van der Waals surface area (Å²) in [6.45, 7) is 2.83.